The first-order chi connectivity index (χ1) is 8.66. The van der Waals surface area contributed by atoms with Gasteiger partial charge >= 0.3 is 0 Å². The molecule has 100 valence electrons. The fourth-order valence-corrected chi connectivity index (χ4v) is 1.89. The number of Topliss-reactive ketones (excluding diaryl/α,β-unsaturated/α-hetero) is 1. The summed E-state index contributed by atoms with van der Waals surface area (Å²) in [6.45, 7) is 6.38. The minimum absolute atomic E-state index is 0.0436. The van der Waals surface area contributed by atoms with Gasteiger partial charge in [-0.25, -0.2) is 0 Å². The largest absolute Gasteiger partial charge is 0.313 e. The first kappa shape index (κ1) is 15.2. The maximum Gasteiger partial charge on any atom is 0.138 e. The van der Waals surface area contributed by atoms with E-state index in [0.717, 1.165) is 12.1 Å². The van der Waals surface area contributed by atoms with E-state index in [9.17, 15) is 4.79 Å². The van der Waals surface area contributed by atoms with E-state index in [4.69, 9.17) is 11.6 Å². The van der Waals surface area contributed by atoms with Crippen molar-refractivity contribution < 1.29 is 4.79 Å². The Hall–Kier alpha value is -0.860. The van der Waals surface area contributed by atoms with Gasteiger partial charge in [-0.15, -0.1) is 0 Å². The molecule has 0 aliphatic heterocycles. The number of ketones is 1. The molecule has 1 saturated carbocycles. The van der Waals surface area contributed by atoms with Crippen LogP contribution in [0, 0.1) is 0 Å². The van der Waals surface area contributed by atoms with Gasteiger partial charge in [-0.2, -0.15) is 0 Å². The molecule has 1 N–H and O–H groups in total. The second kappa shape index (κ2) is 7.55. The maximum absolute atomic E-state index is 11.6. The predicted octanol–water partition coefficient (Wildman–Crippen LogP) is 3.79. The van der Waals surface area contributed by atoms with Crippen LogP contribution in [0.5, 0.6) is 0 Å². The van der Waals surface area contributed by atoms with Crippen molar-refractivity contribution in [3.63, 3.8) is 0 Å². The fourth-order valence-electron chi connectivity index (χ4n) is 1.76. The van der Waals surface area contributed by atoms with Gasteiger partial charge < -0.3 is 5.32 Å². The Bertz CT molecular complexity index is 371. The lowest BCUT2D eigenvalue weighted by Gasteiger charge is -2.15. The Morgan fingerprint density at radius 1 is 1.33 bits per heavy atom. The van der Waals surface area contributed by atoms with Crippen molar-refractivity contribution in [1.29, 1.82) is 0 Å². The second-order valence-electron chi connectivity index (χ2n) is 4.40. The monoisotopic (exact) mass is 267 g/mol. The third-order valence-electron chi connectivity index (χ3n) is 2.95. The van der Waals surface area contributed by atoms with E-state index >= 15 is 0 Å². The zero-order valence-corrected chi connectivity index (χ0v) is 12.1. The lowest BCUT2D eigenvalue weighted by Crippen LogP contribution is -2.27. The van der Waals surface area contributed by atoms with Crippen LogP contribution < -0.4 is 5.32 Å². The van der Waals surface area contributed by atoms with Crippen molar-refractivity contribution in [3.8, 4) is 0 Å². The SMILES string of the molecule is CC.CC(=O)C(CNC1CC1)c1ccc(Cl)cc1. The van der Waals surface area contributed by atoms with Crippen molar-refractivity contribution in [1.82, 2.24) is 5.32 Å². The van der Waals surface area contributed by atoms with Crippen LogP contribution in [-0.2, 0) is 4.79 Å². The molecule has 0 saturated heterocycles. The van der Waals surface area contributed by atoms with Crippen molar-refractivity contribution in [3.05, 3.63) is 34.9 Å². The van der Waals surface area contributed by atoms with Crippen LogP contribution in [-0.4, -0.2) is 18.4 Å². The number of nitrogens with one attached hydrogen (secondary N) is 1. The van der Waals surface area contributed by atoms with Crippen LogP contribution in [0.3, 0.4) is 0 Å². The van der Waals surface area contributed by atoms with Gasteiger partial charge in [-0.05, 0) is 37.5 Å². The summed E-state index contributed by atoms with van der Waals surface area (Å²) >= 11 is 5.83. The quantitative estimate of drug-likeness (QED) is 0.879. The average Bonchev–Trinajstić information content (AvgIpc) is 3.18. The number of carbonyl (C=O) groups excluding carboxylic acids is 1. The Labute approximate surface area is 115 Å². The molecule has 0 radical (unpaired) electrons. The molecule has 1 unspecified atom stereocenters. The van der Waals surface area contributed by atoms with E-state index < -0.39 is 0 Å². The minimum Gasteiger partial charge on any atom is -0.313 e. The third kappa shape index (κ3) is 4.79. The molecule has 0 aromatic heterocycles. The molecular formula is C15H22ClNO. The highest BCUT2D eigenvalue weighted by Gasteiger charge is 2.24. The third-order valence-corrected chi connectivity index (χ3v) is 3.20. The molecule has 0 bridgehead atoms. The Kier molecular flexibility index (Phi) is 6.37. The summed E-state index contributed by atoms with van der Waals surface area (Å²) in [5.41, 5.74) is 1.05. The van der Waals surface area contributed by atoms with Gasteiger partial charge in [0.25, 0.3) is 0 Å². The average molecular weight is 268 g/mol. The smallest absolute Gasteiger partial charge is 0.138 e. The van der Waals surface area contributed by atoms with Crippen LogP contribution in [0.2, 0.25) is 5.02 Å². The number of hydrogen-bond acceptors (Lipinski definition) is 2. The highest BCUT2D eigenvalue weighted by atomic mass is 35.5. The van der Waals surface area contributed by atoms with Crippen molar-refractivity contribution in [2.45, 2.75) is 45.6 Å². The number of halogens is 1. The topological polar surface area (TPSA) is 29.1 Å². The summed E-state index contributed by atoms with van der Waals surface area (Å²) in [5, 5.41) is 4.11. The van der Waals surface area contributed by atoms with Crippen molar-refractivity contribution in [2.75, 3.05) is 6.54 Å². The van der Waals surface area contributed by atoms with Gasteiger partial charge in [-0.1, -0.05) is 37.6 Å². The highest BCUT2D eigenvalue weighted by Crippen LogP contribution is 2.22. The molecule has 1 aromatic carbocycles. The lowest BCUT2D eigenvalue weighted by atomic mass is 9.95. The van der Waals surface area contributed by atoms with Crippen molar-refractivity contribution in [2.24, 2.45) is 0 Å². The summed E-state index contributed by atoms with van der Waals surface area (Å²) in [6.07, 6.45) is 2.48. The molecule has 1 aliphatic carbocycles. The number of rotatable bonds is 5. The van der Waals surface area contributed by atoms with E-state index in [0.29, 0.717) is 11.1 Å². The van der Waals surface area contributed by atoms with Gasteiger partial charge in [0.1, 0.15) is 5.78 Å². The molecule has 1 aromatic rings. The first-order valence-electron chi connectivity index (χ1n) is 6.66. The summed E-state index contributed by atoms with van der Waals surface area (Å²) in [4.78, 5) is 11.6. The first-order valence-corrected chi connectivity index (χ1v) is 7.04. The van der Waals surface area contributed by atoms with Crippen LogP contribution >= 0.6 is 11.6 Å². The molecule has 2 rings (SSSR count). The molecule has 1 aliphatic rings. The minimum atomic E-state index is -0.0436. The van der Waals surface area contributed by atoms with Crippen LogP contribution in [0.15, 0.2) is 24.3 Å². The molecule has 1 fully saturated rings. The van der Waals surface area contributed by atoms with Gasteiger partial charge in [0.05, 0.1) is 5.92 Å². The number of benzene rings is 1. The molecule has 18 heavy (non-hydrogen) atoms. The predicted molar refractivity (Wildman–Crippen MR) is 77.2 cm³/mol. The Balaban J connectivity index is 0.000000771. The normalized spacial score (nSPS) is 15.6. The molecule has 0 heterocycles. The van der Waals surface area contributed by atoms with Crippen LogP contribution in [0.1, 0.15) is 45.1 Å². The van der Waals surface area contributed by atoms with Gasteiger partial charge in [0.15, 0.2) is 0 Å². The van der Waals surface area contributed by atoms with Crippen LogP contribution in [0.4, 0.5) is 0 Å². The van der Waals surface area contributed by atoms with E-state index in [1.165, 1.54) is 12.8 Å². The van der Waals surface area contributed by atoms with E-state index in [2.05, 4.69) is 5.32 Å². The van der Waals surface area contributed by atoms with E-state index in [-0.39, 0.29) is 11.7 Å². The Morgan fingerprint density at radius 3 is 2.33 bits per heavy atom. The maximum atomic E-state index is 11.6. The van der Waals surface area contributed by atoms with Crippen LogP contribution in [0.25, 0.3) is 0 Å². The fraction of sp³-hybridized carbons (Fsp3) is 0.533. The summed E-state index contributed by atoms with van der Waals surface area (Å²) in [5.74, 6) is 0.160. The molecule has 0 spiro atoms. The van der Waals surface area contributed by atoms with Gasteiger partial charge in [0, 0.05) is 17.6 Å². The molecule has 0 amide bonds. The Morgan fingerprint density at radius 2 is 1.89 bits per heavy atom. The standard InChI is InChI=1S/C13H16ClNO.C2H6/c1-9(16)13(8-15-12-6-7-12)10-2-4-11(14)5-3-10;1-2/h2-5,12-13,15H,6-8H2,1H3;1-2H3. The van der Waals surface area contributed by atoms with Crippen molar-refractivity contribution >= 4 is 17.4 Å². The zero-order chi connectivity index (χ0) is 13.5. The van der Waals surface area contributed by atoms with E-state index in [1.54, 1.807) is 6.92 Å². The molecule has 2 nitrogen and oxygen atoms in total. The summed E-state index contributed by atoms with van der Waals surface area (Å²) in [6, 6.07) is 8.18. The summed E-state index contributed by atoms with van der Waals surface area (Å²) in [7, 11) is 0. The van der Waals surface area contributed by atoms with Gasteiger partial charge in [0.2, 0.25) is 0 Å². The highest BCUT2D eigenvalue weighted by molar-refractivity contribution is 6.30. The summed E-state index contributed by atoms with van der Waals surface area (Å²) < 4.78 is 0. The molecule has 1 atom stereocenters. The van der Waals surface area contributed by atoms with E-state index in [1.807, 2.05) is 38.1 Å². The molecular weight excluding hydrogens is 246 g/mol. The number of carbonyl (C=O) groups is 1. The zero-order valence-electron chi connectivity index (χ0n) is 11.4. The lowest BCUT2D eigenvalue weighted by molar-refractivity contribution is -0.118. The number of hydrogen-bond donors (Lipinski definition) is 1. The van der Waals surface area contributed by atoms with Gasteiger partial charge in [-0.3, -0.25) is 4.79 Å². The second-order valence-corrected chi connectivity index (χ2v) is 4.83. The molecule has 3 heteroatoms.